The van der Waals surface area contributed by atoms with E-state index in [0.717, 1.165) is 20.9 Å². The number of fused-ring (bicyclic) bond motifs is 1. The summed E-state index contributed by atoms with van der Waals surface area (Å²) in [5.41, 5.74) is 3.65. The zero-order chi connectivity index (χ0) is 11.7. The molecule has 0 spiro atoms. The van der Waals surface area contributed by atoms with Crippen LogP contribution in [0, 0.1) is 0 Å². The van der Waals surface area contributed by atoms with Gasteiger partial charge in [0.2, 0.25) is 0 Å². The van der Waals surface area contributed by atoms with E-state index in [1.807, 2.05) is 23.0 Å². The Morgan fingerprint density at radius 1 is 1.24 bits per heavy atom. The van der Waals surface area contributed by atoms with Crippen molar-refractivity contribution in [2.75, 3.05) is 5.32 Å². The Morgan fingerprint density at radius 2 is 2.18 bits per heavy atom. The highest BCUT2D eigenvalue weighted by molar-refractivity contribution is 7.16. The first-order valence-electron chi connectivity index (χ1n) is 4.98. The van der Waals surface area contributed by atoms with Crippen LogP contribution in [0.4, 0.5) is 5.69 Å². The third kappa shape index (κ3) is 2.13. The fraction of sp³-hybridized carbons (Fsp3) is 0.0909. The molecule has 17 heavy (non-hydrogen) atoms. The van der Waals surface area contributed by atoms with Crippen molar-refractivity contribution >= 4 is 50.2 Å². The molecular formula is C11H8ClN3S2. The number of anilines is 1. The Labute approximate surface area is 111 Å². The number of hydrogen-bond acceptors (Lipinski definition) is 5. The maximum atomic E-state index is 6.19. The van der Waals surface area contributed by atoms with Gasteiger partial charge in [-0.3, -0.25) is 0 Å². The number of rotatable bonds is 3. The van der Waals surface area contributed by atoms with E-state index in [-0.39, 0.29) is 0 Å². The van der Waals surface area contributed by atoms with E-state index in [1.165, 1.54) is 0 Å². The van der Waals surface area contributed by atoms with Crippen molar-refractivity contribution in [3.63, 3.8) is 0 Å². The molecule has 3 aromatic rings. The molecule has 0 aliphatic carbocycles. The molecular weight excluding hydrogens is 274 g/mol. The van der Waals surface area contributed by atoms with Gasteiger partial charge in [-0.1, -0.05) is 11.6 Å². The van der Waals surface area contributed by atoms with Gasteiger partial charge in [-0.15, -0.1) is 22.7 Å². The molecule has 6 heteroatoms. The van der Waals surface area contributed by atoms with Crippen LogP contribution in [0.1, 0.15) is 5.01 Å². The zero-order valence-electron chi connectivity index (χ0n) is 8.68. The van der Waals surface area contributed by atoms with Crippen molar-refractivity contribution in [3.8, 4) is 0 Å². The van der Waals surface area contributed by atoms with E-state index in [2.05, 4.69) is 15.3 Å². The molecule has 0 saturated heterocycles. The molecule has 1 N–H and O–H groups in total. The summed E-state index contributed by atoms with van der Waals surface area (Å²) in [5.74, 6) is 0. The average Bonchev–Trinajstić information content (AvgIpc) is 2.97. The maximum absolute atomic E-state index is 6.19. The highest BCUT2D eigenvalue weighted by atomic mass is 35.5. The lowest BCUT2D eigenvalue weighted by atomic mass is 10.3. The topological polar surface area (TPSA) is 37.8 Å². The summed E-state index contributed by atoms with van der Waals surface area (Å²) in [6, 6.07) is 3.89. The third-order valence-electron chi connectivity index (χ3n) is 2.35. The van der Waals surface area contributed by atoms with Gasteiger partial charge in [0.15, 0.2) is 0 Å². The van der Waals surface area contributed by atoms with Crippen molar-refractivity contribution < 1.29 is 0 Å². The summed E-state index contributed by atoms with van der Waals surface area (Å²) in [7, 11) is 0. The average molecular weight is 282 g/mol. The summed E-state index contributed by atoms with van der Waals surface area (Å²) >= 11 is 9.42. The van der Waals surface area contributed by atoms with Crippen LogP contribution in [0.25, 0.3) is 10.2 Å². The van der Waals surface area contributed by atoms with Crippen LogP contribution in [-0.2, 0) is 6.54 Å². The number of hydrogen-bond donors (Lipinski definition) is 1. The predicted molar refractivity (Wildman–Crippen MR) is 74.1 cm³/mol. The number of nitrogens with zero attached hydrogens (tertiary/aromatic N) is 2. The normalized spacial score (nSPS) is 10.9. The highest BCUT2D eigenvalue weighted by Gasteiger charge is 2.08. The molecule has 0 atom stereocenters. The van der Waals surface area contributed by atoms with Crippen LogP contribution >= 0.6 is 34.3 Å². The molecule has 0 aliphatic heterocycles. The van der Waals surface area contributed by atoms with Gasteiger partial charge in [0.1, 0.15) is 10.5 Å². The van der Waals surface area contributed by atoms with E-state index in [9.17, 15) is 0 Å². The molecule has 0 radical (unpaired) electrons. The number of aromatic nitrogens is 2. The van der Waals surface area contributed by atoms with Gasteiger partial charge in [0.25, 0.3) is 0 Å². The summed E-state index contributed by atoms with van der Waals surface area (Å²) in [4.78, 5) is 8.56. The van der Waals surface area contributed by atoms with Gasteiger partial charge in [-0.25, -0.2) is 9.97 Å². The SMILES string of the molecule is Clc1ccc2scnc2c1NCc1nccs1. The third-order valence-corrected chi connectivity index (χ3v) is 4.24. The minimum absolute atomic E-state index is 0.675. The van der Waals surface area contributed by atoms with Gasteiger partial charge in [0, 0.05) is 11.6 Å². The lowest BCUT2D eigenvalue weighted by molar-refractivity contribution is 1.11. The molecule has 0 amide bonds. The standard InChI is InChI=1S/C11H8ClN3S2/c12-7-1-2-8-11(15-6-17-8)10(7)14-5-9-13-3-4-16-9/h1-4,6,14H,5H2. The van der Waals surface area contributed by atoms with Crippen molar-refractivity contribution in [1.82, 2.24) is 9.97 Å². The smallest absolute Gasteiger partial charge is 0.112 e. The Balaban J connectivity index is 1.93. The Kier molecular flexibility index (Phi) is 2.96. The van der Waals surface area contributed by atoms with E-state index >= 15 is 0 Å². The van der Waals surface area contributed by atoms with Gasteiger partial charge >= 0.3 is 0 Å². The number of halogens is 1. The number of benzene rings is 1. The van der Waals surface area contributed by atoms with Crippen LogP contribution < -0.4 is 5.32 Å². The molecule has 0 unspecified atom stereocenters. The molecule has 3 nitrogen and oxygen atoms in total. The second-order valence-corrected chi connectivity index (χ2v) is 5.67. The van der Waals surface area contributed by atoms with Crippen molar-refractivity contribution in [2.24, 2.45) is 0 Å². The van der Waals surface area contributed by atoms with Crippen LogP contribution in [0.2, 0.25) is 5.02 Å². The quantitative estimate of drug-likeness (QED) is 0.788. The van der Waals surface area contributed by atoms with E-state index < -0.39 is 0 Å². The summed E-state index contributed by atoms with van der Waals surface area (Å²) in [6.07, 6.45) is 1.80. The molecule has 0 saturated carbocycles. The van der Waals surface area contributed by atoms with E-state index in [0.29, 0.717) is 11.6 Å². The molecule has 3 rings (SSSR count). The summed E-state index contributed by atoms with van der Waals surface area (Å²) in [6.45, 7) is 0.675. The molecule has 0 aliphatic rings. The number of thiazole rings is 2. The molecule has 2 heterocycles. The van der Waals surface area contributed by atoms with Gasteiger partial charge < -0.3 is 5.32 Å². The van der Waals surface area contributed by atoms with E-state index in [4.69, 9.17) is 11.6 Å². The van der Waals surface area contributed by atoms with Gasteiger partial charge in [0.05, 0.1) is 27.5 Å². The Hall–Kier alpha value is -1.17. The van der Waals surface area contributed by atoms with Crippen LogP contribution in [0.3, 0.4) is 0 Å². The van der Waals surface area contributed by atoms with Crippen LogP contribution in [-0.4, -0.2) is 9.97 Å². The van der Waals surface area contributed by atoms with Gasteiger partial charge in [-0.05, 0) is 12.1 Å². The molecule has 86 valence electrons. The summed E-state index contributed by atoms with van der Waals surface area (Å²) < 4.78 is 1.14. The minimum atomic E-state index is 0.675. The Bertz CT molecular complexity index is 633. The monoisotopic (exact) mass is 281 g/mol. The first-order chi connectivity index (χ1) is 8.34. The summed E-state index contributed by atoms with van der Waals surface area (Å²) in [5, 5.41) is 6.99. The molecule has 2 aromatic heterocycles. The first-order valence-corrected chi connectivity index (χ1v) is 7.12. The first kappa shape index (κ1) is 11.0. The van der Waals surface area contributed by atoms with Crippen molar-refractivity contribution in [3.05, 3.63) is 39.3 Å². The second kappa shape index (κ2) is 4.60. The fourth-order valence-electron chi connectivity index (χ4n) is 1.58. The fourth-order valence-corrected chi connectivity index (χ4v) is 3.04. The van der Waals surface area contributed by atoms with Gasteiger partial charge in [-0.2, -0.15) is 0 Å². The van der Waals surface area contributed by atoms with Crippen LogP contribution in [0.5, 0.6) is 0 Å². The minimum Gasteiger partial charge on any atom is -0.376 e. The largest absolute Gasteiger partial charge is 0.376 e. The molecule has 0 bridgehead atoms. The van der Waals surface area contributed by atoms with Crippen LogP contribution in [0.15, 0.2) is 29.2 Å². The maximum Gasteiger partial charge on any atom is 0.112 e. The second-order valence-electron chi connectivity index (χ2n) is 3.40. The highest BCUT2D eigenvalue weighted by Crippen LogP contribution is 2.32. The predicted octanol–water partition coefficient (Wildman–Crippen LogP) is 4.02. The lowest BCUT2D eigenvalue weighted by Crippen LogP contribution is -2.00. The lowest BCUT2D eigenvalue weighted by Gasteiger charge is -2.07. The number of nitrogens with one attached hydrogen (secondary N) is 1. The van der Waals surface area contributed by atoms with Crippen molar-refractivity contribution in [2.45, 2.75) is 6.54 Å². The zero-order valence-corrected chi connectivity index (χ0v) is 11.1. The van der Waals surface area contributed by atoms with E-state index in [1.54, 1.807) is 28.9 Å². The van der Waals surface area contributed by atoms with Crippen molar-refractivity contribution in [1.29, 1.82) is 0 Å². The Morgan fingerprint density at radius 3 is 3.00 bits per heavy atom. The molecule has 1 aromatic carbocycles. The molecule has 0 fully saturated rings.